The standard InChI is InChI=1S/C25H24N2O4/c1-30-19-10-7-8-17(14-19)16-27-23(20-11-4-5-12-21(20)25(27)29)24(28)26-15-18-9-3-6-13-22(18)31-2/h3-14,23H,15-16H2,1-2H3,(H,26,28). The van der Waals surface area contributed by atoms with E-state index in [4.69, 9.17) is 9.47 Å². The lowest BCUT2D eigenvalue weighted by molar-refractivity contribution is -0.125. The molecule has 0 fully saturated rings. The van der Waals surface area contributed by atoms with Crippen LogP contribution in [-0.2, 0) is 17.9 Å². The van der Waals surface area contributed by atoms with Crippen LogP contribution in [-0.4, -0.2) is 30.9 Å². The summed E-state index contributed by atoms with van der Waals surface area (Å²) in [4.78, 5) is 28.0. The summed E-state index contributed by atoms with van der Waals surface area (Å²) in [5, 5.41) is 2.98. The van der Waals surface area contributed by atoms with Crippen molar-refractivity contribution in [2.24, 2.45) is 0 Å². The molecule has 0 aliphatic carbocycles. The van der Waals surface area contributed by atoms with E-state index in [1.807, 2.05) is 66.7 Å². The number of rotatable bonds is 7. The topological polar surface area (TPSA) is 67.9 Å². The molecule has 0 bridgehead atoms. The van der Waals surface area contributed by atoms with E-state index in [2.05, 4.69) is 5.32 Å². The Morgan fingerprint density at radius 1 is 0.968 bits per heavy atom. The summed E-state index contributed by atoms with van der Waals surface area (Å²) in [6.45, 7) is 0.611. The van der Waals surface area contributed by atoms with E-state index in [9.17, 15) is 9.59 Å². The van der Waals surface area contributed by atoms with Gasteiger partial charge in [0.05, 0.1) is 14.2 Å². The van der Waals surface area contributed by atoms with E-state index in [0.29, 0.717) is 35.7 Å². The van der Waals surface area contributed by atoms with Crippen LogP contribution in [0.5, 0.6) is 11.5 Å². The Balaban J connectivity index is 1.60. The fourth-order valence-corrected chi connectivity index (χ4v) is 3.91. The number of para-hydroxylation sites is 1. The van der Waals surface area contributed by atoms with Crippen LogP contribution < -0.4 is 14.8 Å². The molecule has 6 nitrogen and oxygen atoms in total. The third-order valence-electron chi connectivity index (χ3n) is 5.44. The van der Waals surface area contributed by atoms with E-state index in [-0.39, 0.29) is 11.8 Å². The van der Waals surface area contributed by atoms with Crippen LogP contribution >= 0.6 is 0 Å². The Morgan fingerprint density at radius 2 is 1.74 bits per heavy atom. The number of fused-ring (bicyclic) bond motifs is 1. The molecule has 1 aliphatic heterocycles. The predicted octanol–water partition coefficient (Wildman–Crippen LogP) is 3.72. The Kier molecular flexibility index (Phi) is 5.89. The lowest BCUT2D eigenvalue weighted by Crippen LogP contribution is -2.38. The van der Waals surface area contributed by atoms with Crippen LogP contribution in [0.1, 0.15) is 33.1 Å². The van der Waals surface area contributed by atoms with Crippen molar-refractivity contribution in [3.8, 4) is 11.5 Å². The van der Waals surface area contributed by atoms with Crippen LogP contribution in [0.2, 0.25) is 0 Å². The quantitative estimate of drug-likeness (QED) is 0.638. The third-order valence-corrected chi connectivity index (χ3v) is 5.44. The summed E-state index contributed by atoms with van der Waals surface area (Å²) in [5.74, 6) is 1.03. The summed E-state index contributed by atoms with van der Waals surface area (Å²) < 4.78 is 10.7. The van der Waals surface area contributed by atoms with Gasteiger partial charge >= 0.3 is 0 Å². The molecule has 4 rings (SSSR count). The van der Waals surface area contributed by atoms with Gasteiger partial charge in [-0.05, 0) is 35.4 Å². The first-order valence-corrected chi connectivity index (χ1v) is 10.0. The zero-order chi connectivity index (χ0) is 21.8. The van der Waals surface area contributed by atoms with Gasteiger partial charge in [-0.25, -0.2) is 0 Å². The van der Waals surface area contributed by atoms with Gasteiger partial charge in [0, 0.05) is 24.2 Å². The minimum absolute atomic E-state index is 0.157. The number of benzene rings is 3. The SMILES string of the molecule is COc1cccc(CN2C(=O)c3ccccc3C2C(=O)NCc2ccccc2OC)c1. The van der Waals surface area contributed by atoms with Crippen molar-refractivity contribution in [3.05, 3.63) is 95.1 Å². The normalized spacial score (nSPS) is 14.8. The fourth-order valence-electron chi connectivity index (χ4n) is 3.91. The second kappa shape index (κ2) is 8.92. The zero-order valence-electron chi connectivity index (χ0n) is 17.5. The van der Waals surface area contributed by atoms with Crippen molar-refractivity contribution in [1.29, 1.82) is 0 Å². The highest BCUT2D eigenvalue weighted by molar-refractivity contribution is 6.04. The molecule has 1 unspecified atom stereocenters. The number of hydrogen-bond acceptors (Lipinski definition) is 4. The van der Waals surface area contributed by atoms with Gasteiger partial charge in [0.15, 0.2) is 0 Å². The molecular formula is C25H24N2O4. The maximum Gasteiger partial charge on any atom is 0.255 e. The zero-order valence-corrected chi connectivity index (χ0v) is 17.5. The summed E-state index contributed by atoms with van der Waals surface area (Å²) in [6.07, 6.45) is 0. The smallest absolute Gasteiger partial charge is 0.255 e. The summed E-state index contributed by atoms with van der Waals surface area (Å²) in [5.41, 5.74) is 3.04. The third kappa shape index (κ3) is 4.10. The largest absolute Gasteiger partial charge is 0.497 e. The minimum atomic E-state index is -0.704. The summed E-state index contributed by atoms with van der Waals surface area (Å²) in [6, 6.07) is 21.6. The molecule has 6 heteroatoms. The van der Waals surface area contributed by atoms with Crippen molar-refractivity contribution < 1.29 is 19.1 Å². The number of ether oxygens (including phenoxy) is 2. The molecule has 2 amide bonds. The molecule has 0 spiro atoms. The summed E-state index contributed by atoms with van der Waals surface area (Å²) >= 11 is 0. The lowest BCUT2D eigenvalue weighted by Gasteiger charge is -2.25. The van der Waals surface area contributed by atoms with Gasteiger partial charge in [0.1, 0.15) is 17.5 Å². The number of hydrogen-bond donors (Lipinski definition) is 1. The Morgan fingerprint density at radius 3 is 2.55 bits per heavy atom. The van der Waals surface area contributed by atoms with Crippen molar-refractivity contribution in [3.63, 3.8) is 0 Å². The summed E-state index contributed by atoms with van der Waals surface area (Å²) in [7, 11) is 3.20. The van der Waals surface area contributed by atoms with E-state index < -0.39 is 6.04 Å². The van der Waals surface area contributed by atoms with Gasteiger partial charge in [-0.3, -0.25) is 9.59 Å². The Bertz CT molecular complexity index is 1110. The monoisotopic (exact) mass is 416 g/mol. The average molecular weight is 416 g/mol. The van der Waals surface area contributed by atoms with Crippen LogP contribution in [0.4, 0.5) is 0 Å². The van der Waals surface area contributed by atoms with Gasteiger partial charge in [0.25, 0.3) is 5.91 Å². The molecule has 1 atom stereocenters. The molecule has 158 valence electrons. The van der Waals surface area contributed by atoms with E-state index in [0.717, 1.165) is 11.1 Å². The van der Waals surface area contributed by atoms with Crippen LogP contribution in [0.3, 0.4) is 0 Å². The number of carbonyl (C=O) groups is 2. The number of nitrogens with zero attached hydrogens (tertiary/aromatic N) is 1. The molecule has 0 saturated heterocycles. The number of amides is 2. The van der Waals surface area contributed by atoms with Gasteiger partial charge < -0.3 is 19.7 Å². The fraction of sp³-hybridized carbons (Fsp3) is 0.200. The van der Waals surface area contributed by atoms with Crippen LogP contribution in [0, 0.1) is 0 Å². The first kappa shape index (κ1) is 20.5. The van der Waals surface area contributed by atoms with E-state index in [1.165, 1.54) is 0 Å². The maximum atomic E-state index is 13.3. The van der Waals surface area contributed by atoms with Crippen molar-refractivity contribution >= 4 is 11.8 Å². The molecule has 1 aliphatic rings. The molecule has 1 heterocycles. The molecule has 1 N–H and O–H groups in total. The Labute approximate surface area is 181 Å². The van der Waals surface area contributed by atoms with Gasteiger partial charge in [-0.15, -0.1) is 0 Å². The maximum absolute atomic E-state index is 13.3. The van der Waals surface area contributed by atoms with Crippen LogP contribution in [0.15, 0.2) is 72.8 Å². The number of carbonyl (C=O) groups excluding carboxylic acids is 2. The highest BCUT2D eigenvalue weighted by Crippen LogP contribution is 2.35. The molecule has 3 aromatic carbocycles. The predicted molar refractivity (Wildman–Crippen MR) is 117 cm³/mol. The second-order valence-corrected chi connectivity index (χ2v) is 7.30. The van der Waals surface area contributed by atoms with E-state index in [1.54, 1.807) is 25.2 Å². The highest BCUT2D eigenvalue weighted by atomic mass is 16.5. The van der Waals surface area contributed by atoms with Crippen molar-refractivity contribution in [2.75, 3.05) is 14.2 Å². The molecule has 31 heavy (non-hydrogen) atoms. The van der Waals surface area contributed by atoms with Crippen LogP contribution in [0.25, 0.3) is 0 Å². The van der Waals surface area contributed by atoms with E-state index >= 15 is 0 Å². The molecule has 3 aromatic rings. The van der Waals surface area contributed by atoms with Crippen molar-refractivity contribution in [2.45, 2.75) is 19.1 Å². The molecule has 0 saturated carbocycles. The number of methoxy groups -OCH3 is 2. The first-order valence-electron chi connectivity index (χ1n) is 10.0. The molecule has 0 radical (unpaired) electrons. The van der Waals surface area contributed by atoms with Gasteiger partial charge in [0.2, 0.25) is 5.91 Å². The van der Waals surface area contributed by atoms with Crippen molar-refractivity contribution in [1.82, 2.24) is 10.2 Å². The first-order chi connectivity index (χ1) is 15.1. The minimum Gasteiger partial charge on any atom is -0.497 e. The Hall–Kier alpha value is -3.80. The highest BCUT2D eigenvalue weighted by Gasteiger charge is 2.40. The van der Waals surface area contributed by atoms with Gasteiger partial charge in [-0.1, -0.05) is 48.5 Å². The number of nitrogens with one attached hydrogen (secondary N) is 1. The van der Waals surface area contributed by atoms with Gasteiger partial charge in [-0.2, -0.15) is 0 Å². The molecular weight excluding hydrogens is 392 g/mol. The molecule has 0 aromatic heterocycles. The lowest BCUT2D eigenvalue weighted by atomic mass is 10.0. The second-order valence-electron chi connectivity index (χ2n) is 7.30. The average Bonchev–Trinajstić information content (AvgIpc) is 3.09.